The maximum absolute atomic E-state index is 13.0. The highest BCUT2D eigenvalue weighted by molar-refractivity contribution is 8.15. The fraction of sp³-hybridized carbons (Fsp3) is 0.318. The summed E-state index contributed by atoms with van der Waals surface area (Å²) in [4.78, 5) is 5.88. The number of aliphatic imine (C=N–C) groups is 1. The van der Waals surface area contributed by atoms with Crippen LogP contribution in [0.5, 0.6) is 0 Å². The van der Waals surface area contributed by atoms with Gasteiger partial charge in [-0.15, -0.1) is 11.8 Å². The van der Waals surface area contributed by atoms with Crippen molar-refractivity contribution in [2.75, 3.05) is 0 Å². The minimum Gasteiger partial charge on any atom is -0.242 e. The van der Waals surface area contributed by atoms with Crippen molar-refractivity contribution < 1.29 is 4.39 Å². The smallest absolute Gasteiger partial charge is 0.123 e. The zero-order valence-corrected chi connectivity index (χ0v) is 16.6. The van der Waals surface area contributed by atoms with Crippen LogP contribution in [-0.2, 0) is 0 Å². The molecular formula is C22H24FNS2. The molecule has 0 saturated heterocycles. The van der Waals surface area contributed by atoms with Gasteiger partial charge in [0.05, 0.1) is 10.7 Å². The van der Waals surface area contributed by atoms with Crippen LogP contribution < -0.4 is 0 Å². The SMILES string of the molecule is CC1CCCCC1SC(C=CSc1ccc(F)cc1)=Nc1ccccc1. The van der Waals surface area contributed by atoms with Crippen LogP contribution in [0.4, 0.5) is 10.1 Å². The maximum Gasteiger partial charge on any atom is 0.123 e. The molecule has 0 spiro atoms. The third-order valence-electron chi connectivity index (χ3n) is 4.53. The van der Waals surface area contributed by atoms with Crippen LogP contribution in [0.3, 0.4) is 0 Å². The summed E-state index contributed by atoms with van der Waals surface area (Å²) in [6, 6.07) is 16.7. The molecule has 0 aliphatic heterocycles. The fourth-order valence-electron chi connectivity index (χ4n) is 3.03. The molecule has 2 atom stereocenters. The average molecular weight is 386 g/mol. The lowest BCUT2D eigenvalue weighted by Gasteiger charge is -2.28. The van der Waals surface area contributed by atoms with E-state index in [1.54, 1.807) is 23.9 Å². The van der Waals surface area contributed by atoms with Gasteiger partial charge in [0.15, 0.2) is 0 Å². The van der Waals surface area contributed by atoms with E-state index in [1.807, 2.05) is 42.1 Å². The average Bonchev–Trinajstić information content (AvgIpc) is 2.66. The molecule has 1 saturated carbocycles. The lowest BCUT2D eigenvalue weighted by molar-refractivity contribution is 0.398. The first kappa shape index (κ1) is 19.2. The van der Waals surface area contributed by atoms with Crippen LogP contribution in [-0.4, -0.2) is 10.3 Å². The largest absolute Gasteiger partial charge is 0.242 e. The second-order valence-corrected chi connectivity index (χ2v) is 8.82. The minimum atomic E-state index is -0.202. The molecule has 3 rings (SSSR count). The van der Waals surface area contributed by atoms with Gasteiger partial charge in [0.2, 0.25) is 0 Å². The number of benzene rings is 2. The summed E-state index contributed by atoms with van der Waals surface area (Å²) in [5.74, 6) is 0.527. The monoisotopic (exact) mass is 385 g/mol. The first-order valence-electron chi connectivity index (χ1n) is 9.10. The normalized spacial score (nSPS) is 21.2. The van der Waals surface area contributed by atoms with Gasteiger partial charge in [-0.25, -0.2) is 9.38 Å². The summed E-state index contributed by atoms with van der Waals surface area (Å²) in [7, 11) is 0. The Labute approximate surface area is 164 Å². The molecule has 2 unspecified atom stereocenters. The van der Waals surface area contributed by atoms with Crippen LogP contribution in [0.25, 0.3) is 0 Å². The summed E-state index contributed by atoms with van der Waals surface area (Å²) in [6.45, 7) is 2.36. The molecule has 1 fully saturated rings. The standard InChI is InChI=1S/C22H24FNS2/c1-17-7-5-6-10-21(17)26-22(24-19-8-3-2-4-9-19)15-16-25-20-13-11-18(23)12-14-20/h2-4,8-9,11-17,21H,5-7,10H2,1H3. The third-order valence-corrected chi connectivity index (χ3v) is 6.82. The third kappa shape index (κ3) is 6.03. The molecular weight excluding hydrogens is 361 g/mol. The highest BCUT2D eigenvalue weighted by Crippen LogP contribution is 2.35. The maximum atomic E-state index is 13.0. The van der Waals surface area contributed by atoms with E-state index in [2.05, 4.69) is 18.4 Å². The fourth-order valence-corrected chi connectivity index (χ4v) is 5.03. The summed E-state index contributed by atoms with van der Waals surface area (Å²) in [5, 5.41) is 3.73. The van der Waals surface area contributed by atoms with Crippen molar-refractivity contribution in [2.24, 2.45) is 10.9 Å². The van der Waals surface area contributed by atoms with E-state index in [-0.39, 0.29) is 5.82 Å². The summed E-state index contributed by atoms with van der Waals surface area (Å²) < 4.78 is 13.0. The van der Waals surface area contributed by atoms with E-state index in [9.17, 15) is 4.39 Å². The highest BCUT2D eigenvalue weighted by Gasteiger charge is 2.22. The molecule has 0 bridgehead atoms. The number of nitrogens with zero attached hydrogens (tertiary/aromatic N) is 1. The Morgan fingerprint density at radius 2 is 1.77 bits per heavy atom. The minimum absolute atomic E-state index is 0.202. The Hall–Kier alpha value is -1.52. The Morgan fingerprint density at radius 1 is 1.04 bits per heavy atom. The summed E-state index contributed by atoms with van der Waals surface area (Å²) >= 11 is 3.49. The molecule has 2 aromatic carbocycles. The molecule has 136 valence electrons. The Balaban J connectivity index is 1.72. The van der Waals surface area contributed by atoms with Crippen molar-refractivity contribution in [1.29, 1.82) is 0 Å². The predicted octanol–water partition coefficient (Wildman–Crippen LogP) is 7.47. The topological polar surface area (TPSA) is 12.4 Å². The van der Waals surface area contributed by atoms with E-state index in [4.69, 9.17) is 4.99 Å². The van der Waals surface area contributed by atoms with Gasteiger partial charge >= 0.3 is 0 Å². The van der Waals surface area contributed by atoms with Crippen molar-refractivity contribution >= 4 is 34.3 Å². The van der Waals surface area contributed by atoms with Crippen molar-refractivity contribution in [3.05, 3.63) is 71.9 Å². The molecule has 0 aromatic heterocycles. The molecule has 1 aliphatic carbocycles. The van der Waals surface area contributed by atoms with E-state index in [0.29, 0.717) is 5.25 Å². The second-order valence-electron chi connectivity index (χ2n) is 6.58. The van der Waals surface area contributed by atoms with E-state index >= 15 is 0 Å². The molecule has 1 aliphatic rings. The molecule has 0 N–H and O–H groups in total. The van der Waals surface area contributed by atoms with Gasteiger partial charge in [0, 0.05) is 10.1 Å². The lowest BCUT2D eigenvalue weighted by atomic mass is 9.90. The highest BCUT2D eigenvalue weighted by atomic mass is 32.2. The van der Waals surface area contributed by atoms with Gasteiger partial charge in [-0.2, -0.15) is 0 Å². The molecule has 0 radical (unpaired) electrons. The van der Waals surface area contributed by atoms with Crippen LogP contribution >= 0.6 is 23.5 Å². The molecule has 0 amide bonds. The zero-order chi connectivity index (χ0) is 18.2. The number of hydrogen-bond donors (Lipinski definition) is 0. The van der Waals surface area contributed by atoms with Crippen molar-refractivity contribution in [3.63, 3.8) is 0 Å². The number of hydrogen-bond acceptors (Lipinski definition) is 3. The number of para-hydroxylation sites is 1. The first-order chi connectivity index (χ1) is 12.7. The van der Waals surface area contributed by atoms with E-state index in [0.717, 1.165) is 21.5 Å². The van der Waals surface area contributed by atoms with Gasteiger partial charge in [-0.3, -0.25) is 0 Å². The molecule has 26 heavy (non-hydrogen) atoms. The molecule has 1 nitrogen and oxygen atoms in total. The van der Waals surface area contributed by atoms with Gasteiger partial charge in [-0.05, 0) is 66.6 Å². The van der Waals surface area contributed by atoms with Crippen molar-refractivity contribution in [3.8, 4) is 0 Å². The quantitative estimate of drug-likeness (QED) is 0.300. The zero-order valence-electron chi connectivity index (χ0n) is 15.0. The van der Waals surface area contributed by atoms with Gasteiger partial charge in [0.25, 0.3) is 0 Å². The van der Waals surface area contributed by atoms with E-state index in [1.165, 1.54) is 37.8 Å². The summed E-state index contributed by atoms with van der Waals surface area (Å²) in [6.07, 6.45) is 7.32. The Bertz CT molecular complexity index is 740. The van der Waals surface area contributed by atoms with Gasteiger partial charge in [0.1, 0.15) is 5.82 Å². The molecule has 2 aromatic rings. The molecule has 0 heterocycles. The number of rotatable bonds is 5. The Morgan fingerprint density at radius 3 is 2.50 bits per heavy atom. The summed E-state index contributed by atoms with van der Waals surface area (Å²) in [5.41, 5.74) is 0.981. The number of halogens is 1. The number of thioether (sulfide) groups is 2. The van der Waals surface area contributed by atoms with Crippen molar-refractivity contribution in [1.82, 2.24) is 0 Å². The van der Waals surface area contributed by atoms with Crippen LogP contribution in [0.2, 0.25) is 0 Å². The van der Waals surface area contributed by atoms with Crippen LogP contribution in [0, 0.1) is 11.7 Å². The lowest BCUT2D eigenvalue weighted by Crippen LogP contribution is -2.20. The first-order valence-corrected chi connectivity index (χ1v) is 10.9. The van der Waals surface area contributed by atoms with Crippen LogP contribution in [0.15, 0.2) is 76.0 Å². The van der Waals surface area contributed by atoms with Gasteiger partial charge in [-0.1, -0.05) is 49.7 Å². The van der Waals surface area contributed by atoms with Crippen LogP contribution in [0.1, 0.15) is 32.6 Å². The van der Waals surface area contributed by atoms with E-state index < -0.39 is 0 Å². The van der Waals surface area contributed by atoms with Gasteiger partial charge < -0.3 is 0 Å². The Kier molecular flexibility index (Phi) is 7.39. The molecule has 4 heteroatoms. The predicted molar refractivity (Wildman–Crippen MR) is 114 cm³/mol. The second kappa shape index (κ2) is 9.98. The van der Waals surface area contributed by atoms with Crippen molar-refractivity contribution in [2.45, 2.75) is 42.8 Å².